The Balaban J connectivity index is 2.27. The number of rotatable bonds is 4. The lowest BCUT2D eigenvalue weighted by Crippen LogP contribution is -2.37. The molecule has 4 heteroatoms. The van der Waals surface area contributed by atoms with Gasteiger partial charge < -0.3 is 14.8 Å². The van der Waals surface area contributed by atoms with Crippen LogP contribution >= 0.6 is 0 Å². The van der Waals surface area contributed by atoms with Crippen LogP contribution in [0.2, 0.25) is 0 Å². The molecule has 118 valence electrons. The number of hydrogen-bond acceptors (Lipinski definition) is 2. The van der Waals surface area contributed by atoms with E-state index in [2.05, 4.69) is 37.9 Å². The second-order valence-corrected chi connectivity index (χ2v) is 6.34. The molecule has 4 nitrogen and oxygen atoms in total. The number of carbonyl (C=O) groups is 1. The summed E-state index contributed by atoms with van der Waals surface area (Å²) in [6.45, 7) is 6.86. The molecular weight excluding hydrogens is 278 g/mol. The van der Waals surface area contributed by atoms with Gasteiger partial charge in [0, 0.05) is 10.9 Å². The van der Waals surface area contributed by atoms with Crippen molar-refractivity contribution < 1.29 is 14.6 Å². The third kappa shape index (κ3) is 2.22. The van der Waals surface area contributed by atoms with Crippen LogP contribution in [-0.4, -0.2) is 22.7 Å². The average Bonchev–Trinajstić information content (AvgIpc) is 2.85. The molecule has 0 fully saturated rings. The zero-order valence-electron chi connectivity index (χ0n) is 13.5. The van der Waals surface area contributed by atoms with Crippen LogP contribution in [0, 0.1) is 13.8 Å². The molecule has 0 saturated carbocycles. The molecule has 1 atom stereocenters. The quantitative estimate of drug-likeness (QED) is 0.902. The molecule has 1 aromatic carbocycles. The van der Waals surface area contributed by atoms with Gasteiger partial charge in [-0.15, -0.1) is 0 Å². The maximum atomic E-state index is 11.4. The number of aromatic amines is 1. The molecule has 0 amide bonds. The van der Waals surface area contributed by atoms with Crippen molar-refractivity contribution in [2.24, 2.45) is 0 Å². The zero-order chi connectivity index (χ0) is 15.9. The number of carboxylic acids is 1. The van der Waals surface area contributed by atoms with Gasteiger partial charge in [-0.05, 0) is 43.4 Å². The maximum absolute atomic E-state index is 11.4. The molecular formula is C18H23NO3. The monoisotopic (exact) mass is 301 g/mol. The number of fused-ring (bicyclic) bond motifs is 3. The highest BCUT2D eigenvalue weighted by Crippen LogP contribution is 2.43. The number of hydrogen-bond donors (Lipinski definition) is 2. The number of carboxylic acid groups (broad SMARTS) is 1. The van der Waals surface area contributed by atoms with Crippen molar-refractivity contribution in [3.8, 4) is 0 Å². The minimum Gasteiger partial charge on any atom is -0.481 e. The van der Waals surface area contributed by atoms with Gasteiger partial charge in [-0.2, -0.15) is 0 Å². The summed E-state index contributed by atoms with van der Waals surface area (Å²) in [5.41, 5.74) is 5.07. The smallest absolute Gasteiger partial charge is 0.306 e. The number of aliphatic carboxylic acids is 1. The lowest BCUT2D eigenvalue weighted by Gasteiger charge is -2.36. The van der Waals surface area contributed by atoms with E-state index in [0.717, 1.165) is 30.5 Å². The summed E-state index contributed by atoms with van der Waals surface area (Å²) < 4.78 is 6.04. The van der Waals surface area contributed by atoms with Gasteiger partial charge in [-0.25, -0.2) is 0 Å². The fraction of sp³-hybridized carbons (Fsp3) is 0.500. The highest BCUT2D eigenvalue weighted by molar-refractivity contribution is 5.91. The fourth-order valence-electron chi connectivity index (χ4n) is 3.82. The Morgan fingerprint density at radius 3 is 2.77 bits per heavy atom. The topological polar surface area (TPSA) is 62.3 Å². The number of aryl methyl sites for hydroxylation is 2. The van der Waals surface area contributed by atoms with E-state index in [0.29, 0.717) is 6.61 Å². The molecule has 0 spiro atoms. The molecule has 22 heavy (non-hydrogen) atoms. The van der Waals surface area contributed by atoms with Crippen LogP contribution in [0.1, 0.15) is 48.6 Å². The van der Waals surface area contributed by atoms with E-state index in [4.69, 9.17) is 4.74 Å². The summed E-state index contributed by atoms with van der Waals surface area (Å²) in [5, 5.41) is 10.6. The third-order valence-corrected chi connectivity index (χ3v) is 4.75. The first-order valence-corrected chi connectivity index (χ1v) is 7.95. The van der Waals surface area contributed by atoms with Gasteiger partial charge in [0.1, 0.15) is 5.60 Å². The highest BCUT2D eigenvalue weighted by Gasteiger charge is 2.41. The predicted octanol–water partition coefficient (Wildman–Crippen LogP) is 3.83. The molecule has 0 aliphatic carbocycles. The Kier molecular flexibility index (Phi) is 3.73. The molecule has 1 aliphatic rings. The first-order chi connectivity index (χ1) is 10.5. The van der Waals surface area contributed by atoms with E-state index in [9.17, 15) is 9.90 Å². The summed E-state index contributed by atoms with van der Waals surface area (Å²) in [7, 11) is 0. The largest absolute Gasteiger partial charge is 0.481 e. The Bertz CT molecular complexity index is 731. The van der Waals surface area contributed by atoms with E-state index < -0.39 is 11.6 Å². The Hall–Kier alpha value is -1.81. The van der Waals surface area contributed by atoms with E-state index in [-0.39, 0.29) is 6.42 Å². The first-order valence-electron chi connectivity index (χ1n) is 7.95. The van der Waals surface area contributed by atoms with Gasteiger partial charge in [-0.1, -0.05) is 25.5 Å². The molecule has 0 bridgehead atoms. The molecule has 1 unspecified atom stereocenters. The van der Waals surface area contributed by atoms with Crippen molar-refractivity contribution in [3.05, 3.63) is 34.5 Å². The van der Waals surface area contributed by atoms with Gasteiger partial charge >= 0.3 is 5.97 Å². The van der Waals surface area contributed by atoms with Gasteiger partial charge in [-0.3, -0.25) is 4.79 Å². The van der Waals surface area contributed by atoms with Crippen LogP contribution in [0.5, 0.6) is 0 Å². The second kappa shape index (κ2) is 5.43. The molecule has 2 aromatic rings. The van der Waals surface area contributed by atoms with E-state index >= 15 is 0 Å². The molecule has 0 saturated heterocycles. The lowest BCUT2D eigenvalue weighted by molar-refractivity contribution is -0.149. The molecule has 2 N–H and O–H groups in total. The van der Waals surface area contributed by atoms with Crippen molar-refractivity contribution in [2.75, 3.05) is 6.61 Å². The summed E-state index contributed by atoms with van der Waals surface area (Å²) in [6, 6.07) is 4.25. The molecule has 2 heterocycles. The van der Waals surface area contributed by atoms with Crippen LogP contribution in [0.15, 0.2) is 12.1 Å². The number of nitrogens with one attached hydrogen (secondary N) is 1. The fourth-order valence-corrected chi connectivity index (χ4v) is 3.82. The number of ether oxygens (including phenoxy) is 1. The van der Waals surface area contributed by atoms with Crippen LogP contribution in [-0.2, 0) is 21.6 Å². The SMILES string of the molecule is CCCC1(CC(=O)O)OCCc2c1[nH]c1c(C)ccc(C)c21. The minimum atomic E-state index is -0.812. The molecule has 3 rings (SSSR count). The van der Waals surface area contributed by atoms with Gasteiger partial charge in [0.2, 0.25) is 0 Å². The molecule has 0 radical (unpaired) electrons. The zero-order valence-corrected chi connectivity index (χ0v) is 13.5. The third-order valence-electron chi connectivity index (χ3n) is 4.75. The summed E-state index contributed by atoms with van der Waals surface area (Å²) in [4.78, 5) is 14.9. The Morgan fingerprint density at radius 2 is 2.09 bits per heavy atom. The Morgan fingerprint density at radius 1 is 1.36 bits per heavy atom. The molecule has 1 aromatic heterocycles. The Labute approximate surface area is 130 Å². The normalized spacial score (nSPS) is 21.0. The van der Waals surface area contributed by atoms with E-state index in [1.807, 2.05) is 0 Å². The number of H-pyrrole nitrogens is 1. The summed E-state index contributed by atoms with van der Waals surface area (Å²) in [6.07, 6.45) is 2.46. The summed E-state index contributed by atoms with van der Waals surface area (Å²) >= 11 is 0. The maximum Gasteiger partial charge on any atom is 0.306 e. The standard InChI is InChI=1S/C18H23NO3/c1-4-8-18(10-14(20)21)17-13(7-9-22-18)15-11(2)5-6-12(3)16(15)19-17/h5-6,19H,4,7-10H2,1-3H3,(H,20,21). The van der Waals surface area contributed by atoms with Gasteiger partial charge in [0.05, 0.1) is 18.7 Å². The van der Waals surface area contributed by atoms with Crippen LogP contribution < -0.4 is 0 Å². The number of aromatic nitrogens is 1. The van der Waals surface area contributed by atoms with Gasteiger partial charge in [0.25, 0.3) is 0 Å². The van der Waals surface area contributed by atoms with Crippen molar-refractivity contribution in [1.82, 2.24) is 4.98 Å². The van der Waals surface area contributed by atoms with Crippen LogP contribution in [0.25, 0.3) is 10.9 Å². The van der Waals surface area contributed by atoms with Crippen molar-refractivity contribution >= 4 is 16.9 Å². The van der Waals surface area contributed by atoms with E-state index in [1.54, 1.807) is 0 Å². The van der Waals surface area contributed by atoms with Crippen molar-refractivity contribution in [1.29, 1.82) is 0 Å². The first kappa shape index (κ1) is 15.1. The van der Waals surface area contributed by atoms with Crippen LogP contribution in [0.4, 0.5) is 0 Å². The average molecular weight is 301 g/mol. The van der Waals surface area contributed by atoms with Crippen LogP contribution in [0.3, 0.4) is 0 Å². The second-order valence-electron chi connectivity index (χ2n) is 6.34. The predicted molar refractivity (Wildman–Crippen MR) is 86.3 cm³/mol. The van der Waals surface area contributed by atoms with E-state index in [1.165, 1.54) is 22.1 Å². The number of benzene rings is 1. The lowest BCUT2D eigenvalue weighted by atomic mass is 9.84. The highest BCUT2D eigenvalue weighted by atomic mass is 16.5. The minimum absolute atomic E-state index is 0.0127. The summed E-state index contributed by atoms with van der Waals surface area (Å²) in [5.74, 6) is -0.812. The van der Waals surface area contributed by atoms with Gasteiger partial charge in [0.15, 0.2) is 0 Å². The molecule has 1 aliphatic heterocycles. The van der Waals surface area contributed by atoms with Crippen molar-refractivity contribution in [3.63, 3.8) is 0 Å². The van der Waals surface area contributed by atoms with Crippen molar-refractivity contribution in [2.45, 2.75) is 52.1 Å².